The molecule has 22 heavy (non-hydrogen) atoms. The van der Waals surface area contributed by atoms with Crippen LogP contribution in [0.1, 0.15) is 0 Å². The number of sulfonamides is 1. The number of rotatable bonds is 4. The summed E-state index contributed by atoms with van der Waals surface area (Å²) in [6, 6.07) is 4.38. The number of nitrogens with one attached hydrogen (secondary N) is 1. The van der Waals surface area contributed by atoms with Crippen molar-refractivity contribution in [2.75, 3.05) is 4.72 Å². The Morgan fingerprint density at radius 1 is 1.41 bits per heavy atom. The molecule has 0 aliphatic carbocycles. The SMILES string of the molecule is N#CCn1cc(NS(=O)(=O)c2cnc3sccn23)ccc1=O. The van der Waals surface area contributed by atoms with Gasteiger partial charge in [0.1, 0.15) is 6.54 Å². The first-order valence-corrected chi connectivity index (χ1v) is 8.38. The van der Waals surface area contributed by atoms with E-state index in [4.69, 9.17) is 5.26 Å². The maximum Gasteiger partial charge on any atom is 0.279 e. The summed E-state index contributed by atoms with van der Waals surface area (Å²) < 4.78 is 29.8. The molecule has 0 spiro atoms. The molecule has 0 bridgehead atoms. The van der Waals surface area contributed by atoms with Crippen molar-refractivity contribution in [1.29, 1.82) is 5.26 Å². The predicted octanol–water partition coefficient (Wildman–Crippen LogP) is 0.882. The van der Waals surface area contributed by atoms with Crippen LogP contribution in [0.5, 0.6) is 0 Å². The first-order valence-electron chi connectivity index (χ1n) is 6.02. The molecule has 10 heteroatoms. The molecular formula is C12H9N5O3S2. The van der Waals surface area contributed by atoms with Crippen LogP contribution in [0.3, 0.4) is 0 Å². The molecule has 0 saturated heterocycles. The zero-order valence-electron chi connectivity index (χ0n) is 11.0. The Balaban J connectivity index is 1.99. The fraction of sp³-hybridized carbons (Fsp3) is 0.0833. The van der Waals surface area contributed by atoms with E-state index in [9.17, 15) is 13.2 Å². The molecule has 3 aromatic heterocycles. The van der Waals surface area contributed by atoms with E-state index >= 15 is 0 Å². The van der Waals surface area contributed by atoms with Gasteiger partial charge in [0, 0.05) is 23.8 Å². The van der Waals surface area contributed by atoms with Gasteiger partial charge in [-0.1, -0.05) is 0 Å². The fourth-order valence-electron chi connectivity index (χ4n) is 1.90. The van der Waals surface area contributed by atoms with Gasteiger partial charge in [-0.05, 0) is 6.07 Å². The van der Waals surface area contributed by atoms with Crippen LogP contribution in [0.25, 0.3) is 4.96 Å². The van der Waals surface area contributed by atoms with Gasteiger partial charge < -0.3 is 0 Å². The Morgan fingerprint density at radius 2 is 2.23 bits per heavy atom. The standard InChI is InChI=1S/C12H9N5O3S2/c13-3-4-16-8-9(1-2-10(16)18)15-22(19,20)11-7-14-12-17(11)5-6-21-12/h1-2,5-8,15H,4H2. The molecule has 0 aliphatic rings. The lowest BCUT2D eigenvalue weighted by Gasteiger charge is -2.08. The first kappa shape index (κ1) is 14.3. The summed E-state index contributed by atoms with van der Waals surface area (Å²) in [5, 5.41) is 10.4. The molecule has 112 valence electrons. The molecule has 3 rings (SSSR count). The quantitative estimate of drug-likeness (QED) is 0.761. The van der Waals surface area contributed by atoms with Crippen LogP contribution in [0, 0.1) is 11.3 Å². The molecule has 1 N–H and O–H groups in total. The van der Waals surface area contributed by atoms with Gasteiger partial charge in [-0.3, -0.25) is 18.5 Å². The van der Waals surface area contributed by atoms with Gasteiger partial charge in [-0.25, -0.2) is 4.98 Å². The second kappa shape index (κ2) is 5.28. The highest BCUT2D eigenvalue weighted by Crippen LogP contribution is 2.19. The van der Waals surface area contributed by atoms with E-state index in [-0.39, 0.29) is 22.8 Å². The molecule has 0 atom stereocenters. The lowest BCUT2D eigenvalue weighted by molar-refractivity contribution is 0.596. The highest BCUT2D eigenvalue weighted by molar-refractivity contribution is 7.92. The van der Waals surface area contributed by atoms with Crippen LogP contribution < -0.4 is 10.3 Å². The third kappa shape index (κ3) is 2.47. The van der Waals surface area contributed by atoms with E-state index in [0.717, 1.165) is 4.57 Å². The van der Waals surface area contributed by atoms with Crippen molar-refractivity contribution in [3.63, 3.8) is 0 Å². The van der Waals surface area contributed by atoms with E-state index in [1.165, 1.54) is 40.3 Å². The van der Waals surface area contributed by atoms with E-state index in [1.807, 2.05) is 6.07 Å². The number of pyridine rings is 1. The van der Waals surface area contributed by atoms with Gasteiger partial charge in [0.15, 0.2) is 9.99 Å². The number of thiazole rings is 1. The molecule has 0 saturated carbocycles. The largest absolute Gasteiger partial charge is 0.300 e. The van der Waals surface area contributed by atoms with Crippen LogP contribution in [0.15, 0.2) is 45.9 Å². The van der Waals surface area contributed by atoms with E-state index in [2.05, 4.69) is 9.71 Å². The number of aromatic nitrogens is 3. The van der Waals surface area contributed by atoms with Crippen molar-refractivity contribution >= 4 is 32.0 Å². The molecule has 0 aliphatic heterocycles. The first-order chi connectivity index (χ1) is 10.5. The second-order valence-electron chi connectivity index (χ2n) is 4.30. The summed E-state index contributed by atoms with van der Waals surface area (Å²) in [6.45, 7) is -0.157. The highest BCUT2D eigenvalue weighted by Gasteiger charge is 2.20. The van der Waals surface area contributed by atoms with Crippen LogP contribution in [-0.4, -0.2) is 22.4 Å². The summed E-state index contributed by atoms with van der Waals surface area (Å²) in [7, 11) is -3.85. The van der Waals surface area contributed by atoms with Gasteiger partial charge >= 0.3 is 0 Å². The third-order valence-electron chi connectivity index (χ3n) is 2.86. The summed E-state index contributed by atoms with van der Waals surface area (Å²) in [5.74, 6) is 0. The van der Waals surface area contributed by atoms with Crippen molar-refractivity contribution in [1.82, 2.24) is 14.0 Å². The summed E-state index contributed by atoms with van der Waals surface area (Å²) >= 11 is 1.32. The average Bonchev–Trinajstić information content (AvgIpc) is 3.04. The van der Waals surface area contributed by atoms with Gasteiger partial charge in [0.25, 0.3) is 15.6 Å². The number of fused-ring (bicyclic) bond motifs is 1. The highest BCUT2D eigenvalue weighted by atomic mass is 32.2. The number of imidazole rings is 1. The molecular weight excluding hydrogens is 326 g/mol. The van der Waals surface area contributed by atoms with Crippen LogP contribution in [0.2, 0.25) is 0 Å². The number of hydrogen-bond donors (Lipinski definition) is 1. The van der Waals surface area contributed by atoms with Gasteiger partial charge in [0.05, 0.1) is 18.0 Å². The number of anilines is 1. The number of hydrogen-bond acceptors (Lipinski definition) is 6. The van der Waals surface area contributed by atoms with Gasteiger partial charge in [0.2, 0.25) is 0 Å². The fourth-order valence-corrected chi connectivity index (χ4v) is 3.79. The maximum absolute atomic E-state index is 12.4. The van der Waals surface area contributed by atoms with E-state index in [0.29, 0.717) is 4.96 Å². The molecule has 0 fully saturated rings. The minimum Gasteiger partial charge on any atom is -0.300 e. The monoisotopic (exact) mass is 335 g/mol. The van der Waals surface area contributed by atoms with E-state index in [1.54, 1.807) is 11.6 Å². The van der Waals surface area contributed by atoms with Gasteiger partial charge in [-0.15, -0.1) is 11.3 Å². The molecule has 3 heterocycles. The molecule has 0 amide bonds. The third-order valence-corrected chi connectivity index (χ3v) is 4.99. The molecule has 0 unspecified atom stereocenters. The normalized spacial score (nSPS) is 11.4. The molecule has 8 nitrogen and oxygen atoms in total. The van der Waals surface area contributed by atoms with Gasteiger partial charge in [-0.2, -0.15) is 13.7 Å². The second-order valence-corrected chi connectivity index (χ2v) is 6.80. The topological polar surface area (TPSA) is 109 Å². The van der Waals surface area contributed by atoms with Crippen LogP contribution >= 0.6 is 11.3 Å². The van der Waals surface area contributed by atoms with E-state index < -0.39 is 10.0 Å². The minimum absolute atomic E-state index is 0.00165. The van der Waals surface area contributed by atoms with Crippen molar-refractivity contribution < 1.29 is 8.42 Å². The lowest BCUT2D eigenvalue weighted by Crippen LogP contribution is -2.20. The van der Waals surface area contributed by atoms with Crippen LogP contribution in [0.4, 0.5) is 5.69 Å². The molecule has 0 aromatic carbocycles. The Labute approximate surface area is 128 Å². The zero-order valence-corrected chi connectivity index (χ0v) is 12.6. The summed E-state index contributed by atoms with van der Waals surface area (Å²) in [6.07, 6.45) is 4.16. The zero-order chi connectivity index (χ0) is 15.7. The maximum atomic E-state index is 12.4. The van der Waals surface area contributed by atoms with Crippen molar-refractivity contribution in [3.05, 3.63) is 46.5 Å². The smallest absolute Gasteiger partial charge is 0.279 e. The lowest BCUT2D eigenvalue weighted by atomic mass is 10.4. The number of nitriles is 1. The Hall–Kier alpha value is -2.64. The molecule has 0 radical (unpaired) electrons. The average molecular weight is 335 g/mol. The van der Waals surface area contributed by atoms with Crippen molar-refractivity contribution in [2.24, 2.45) is 0 Å². The Bertz CT molecular complexity index is 1040. The summed E-state index contributed by atoms with van der Waals surface area (Å²) in [4.78, 5) is 16.1. The van der Waals surface area contributed by atoms with Crippen molar-refractivity contribution in [3.8, 4) is 6.07 Å². The minimum atomic E-state index is -3.85. The van der Waals surface area contributed by atoms with Crippen molar-refractivity contribution in [2.45, 2.75) is 11.6 Å². The Kier molecular flexibility index (Phi) is 3.44. The summed E-state index contributed by atoms with van der Waals surface area (Å²) in [5.41, 5.74) is -0.186. The van der Waals surface area contributed by atoms with Crippen LogP contribution in [-0.2, 0) is 16.6 Å². The predicted molar refractivity (Wildman–Crippen MR) is 80.2 cm³/mol. The number of nitrogens with zero attached hydrogens (tertiary/aromatic N) is 4. The molecule has 3 aromatic rings. The Morgan fingerprint density at radius 3 is 3.00 bits per heavy atom.